The van der Waals surface area contributed by atoms with E-state index in [9.17, 15) is 4.79 Å². The van der Waals surface area contributed by atoms with Crippen LogP contribution >= 0.6 is 0 Å². The molecule has 1 amide bonds. The van der Waals surface area contributed by atoms with Gasteiger partial charge in [0.1, 0.15) is 5.76 Å². The van der Waals surface area contributed by atoms with Gasteiger partial charge in [-0.2, -0.15) is 0 Å². The second-order valence-electron chi connectivity index (χ2n) is 5.53. The monoisotopic (exact) mass is 283 g/mol. The van der Waals surface area contributed by atoms with Crippen LogP contribution in [0.2, 0.25) is 0 Å². The highest BCUT2D eigenvalue weighted by Gasteiger charge is 2.44. The van der Waals surface area contributed by atoms with E-state index in [1.54, 1.807) is 11.3 Å². The number of fused-ring (bicyclic) bond motifs is 1. The number of nitrogens with zero attached hydrogens (tertiary/aromatic N) is 1. The molecule has 0 spiro atoms. The third kappa shape index (κ3) is 2.14. The highest BCUT2D eigenvalue weighted by Crippen LogP contribution is 2.33. The molecule has 2 aliphatic heterocycles. The Bertz CT molecular complexity index is 626. The van der Waals surface area contributed by atoms with E-state index in [1.807, 2.05) is 42.5 Å². The first-order valence-corrected chi connectivity index (χ1v) is 7.27. The average molecular weight is 283 g/mol. The predicted molar refractivity (Wildman–Crippen MR) is 78.2 cm³/mol. The molecule has 2 aliphatic rings. The Hall–Kier alpha value is -2.11. The van der Waals surface area contributed by atoms with Crippen molar-refractivity contribution in [3.05, 3.63) is 54.5 Å². The topological polar surface area (TPSA) is 57.5 Å². The summed E-state index contributed by atoms with van der Waals surface area (Å²) >= 11 is 0. The van der Waals surface area contributed by atoms with Crippen LogP contribution in [0.4, 0.5) is 5.69 Å². The summed E-state index contributed by atoms with van der Waals surface area (Å²) in [6, 6.07) is 13.7. The van der Waals surface area contributed by atoms with Crippen LogP contribution in [0.25, 0.3) is 0 Å². The maximum atomic E-state index is 12.5. The number of nitrogens with one attached hydrogen (secondary N) is 2. The van der Waals surface area contributed by atoms with E-state index >= 15 is 0 Å². The number of anilines is 1. The molecule has 3 heterocycles. The third-order valence-corrected chi connectivity index (χ3v) is 4.26. The lowest BCUT2D eigenvalue weighted by Gasteiger charge is -2.30. The van der Waals surface area contributed by atoms with Gasteiger partial charge in [0.25, 0.3) is 0 Å². The Balaban J connectivity index is 1.54. The van der Waals surface area contributed by atoms with Crippen LogP contribution in [-0.2, 0) is 4.79 Å². The molecule has 2 N–H and O–H groups in total. The molecule has 2 aromatic rings. The lowest BCUT2D eigenvalue weighted by Crippen LogP contribution is -2.49. The third-order valence-electron chi connectivity index (χ3n) is 4.26. The van der Waals surface area contributed by atoms with E-state index in [0.717, 1.165) is 24.3 Å². The molecule has 2 fully saturated rings. The van der Waals surface area contributed by atoms with E-state index in [-0.39, 0.29) is 24.0 Å². The second kappa shape index (κ2) is 5.02. The summed E-state index contributed by atoms with van der Waals surface area (Å²) in [5.74, 6) is 1.05. The van der Waals surface area contributed by atoms with Crippen molar-refractivity contribution in [3.63, 3.8) is 0 Å². The molecule has 5 heteroatoms. The number of amides is 1. The first-order chi connectivity index (χ1) is 10.3. The number of piperidine rings is 1. The molecule has 0 saturated carbocycles. The first kappa shape index (κ1) is 12.6. The summed E-state index contributed by atoms with van der Waals surface area (Å²) in [4.78, 5) is 12.5. The Morgan fingerprint density at radius 2 is 1.95 bits per heavy atom. The molecule has 3 atom stereocenters. The molecule has 0 bridgehead atoms. The molecule has 21 heavy (non-hydrogen) atoms. The summed E-state index contributed by atoms with van der Waals surface area (Å²) in [6.45, 7) is 0. The van der Waals surface area contributed by atoms with Crippen molar-refractivity contribution in [2.24, 2.45) is 5.92 Å². The minimum absolute atomic E-state index is 0.0172. The van der Waals surface area contributed by atoms with Crippen LogP contribution in [0.3, 0.4) is 0 Å². The molecule has 1 aromatic carbocycles. The number of hydrazine groups is 1. The van der Waals surface area contributed by atoms with Gasteiger partial charge in [0, 0.05) is 0 Å². The van der Waals surface area contributed by atoms with E-state index in [2.05, 4.69) is 10.7 Å². The zero-order valence-corrected chi connectivity index (χ0v) is 11.5. The highest BCUT2D eigenvalue weighted by molar-refractivity contribution is 5.96. The minimum atomic E-state index is -0.0402. The summed E-state index contributed by atoms with van der Waals surface area (Å²) < 4.78 is 5.47. The first-order valence-electron chi connectivity index (χ1n) is 7.27. The maximum absolute atomic E-state index is 12.5. The van der Waals surface area contributed by atoms with Gasteiger partial charge in [-0.25, -0.2) is 10.4 Å². The van der Waals surface area contributed by atoms with Crippen LogP contribution < -0.4 is 15.8 Å². The van der Waals surface area contributed by atoms with Crippen molar-refractivity contribution >= 4 is 11.6 Å². The Morgan fingerprint density at radius 1 is 1.10 bits per heavy atom. The molecule has 108 valence electrons. The number of hydrogen-bond donors (Lipinski definition) is 2. The predicted octanol–water partition coefficient (Wildman–Crippen LogP) is 2.20. The normalized spacial score (nSPS) is 28.7. The van der Waals surface area contributed by atoms with Crippen molar-refractivity contribution in [3.8, 4) is 0 Å². The molecule has 4 rings (SSSR count). The van der Waals surface area contributed by atoms with Gasteiger partial charge in [-0.15, -0.1) is 0 Å². The highest BCUT2D eigenvalue weighted by atomic mass is 16.3. The fourth-order valence-electron chi connectivity index (χ4n) is 3.18. The molecule has 2 saturated heterocycles. The molecule has 3 unspecified atom stereocenters. The Morgan fingerprint density at radius 3 is 2.71 bits per heavy atom. The summed E-state index contributed by atoms with van der Waals surface area (Å²) in [6.07, 6.45) is 3.41. The lowest BCUT2D eigenvalue weighted by molar-refractivity contribution is -0.121. The summed E-state index contributed by atoms with van der Waals surface area (Å²) in [5.41, 5.74) is 4.16. The van der Waals surface area contributed by atoms with Crippen LogP contribution in [0, 0.1) is 5.92 Å². The quantitative estimate of drug-likeness (QED) is 0.887. The van der Waals surface area contributed by atoms with Gasteiger partial charge in [-0.05, 0) is 37.1 Å². The fourth-order valence-corrected chi connectivity index (χ4v) is 3.18. The number of rotatable bonds is 2. The molecule has 1 aromatic heterocycles. The van der Waals surface area contributed by atoms with Gasteiger partial charge in [0.05, 0.1) is 30.1 Å². The SMILES string of the molecule is O=C1C2CCC(c3ccco3)NC2NN1c1ccccc1. The Kier molecular flexibility index (Phi) is 3.02. The number of carbonyl (C=O) groups excluding carboxylic acids is 1. The Labute approximate surface area is 122 Å². The van der Waals surface area contributed by atoms with Gasteiger partial charge in [0.15, 0.2) is 0 Å². The molecule has 0 aliphatic carbocycles. The van der Waals surface area contributed by atoms with E-state index in [0.29, 0.717) is 0 Å². The van der Waals surface area contributed by atoms with E-state index < -0.39 is 0 Å². The van der Waals surface area contributed by atoms with Crippen molar-refractivity contribution < 1.29 is 9.21 Å². The van der Waals surface area contributed by atoms with Gasteiger partial charge in [-0.1, -0.05) is 18.2 Å². The van der Waals surface area contributed by atoms with Crippen LogP contribution in [0.15, 0.2) is 53.1 Å². The second-order valence-corrected chi connectivity index (χ2v) is 5.53. The summed E-state index contributed by atoms with van der Waals surface area (Å²) in [7, 11) is 0. The largest absolute Gasteiger partial charge is 0.468 e. The van der Waals surface area contributed by atoms with Gasteiger partial charge >= 0.3 is 0 Å². The number of benzene rings is 1. The van der Waals surface area contributed by atoms with Crippen LogP contribution in [-0.4, -0.2) is 12.1 Å². The van der Waals surface area contributed by atoms with Crippen molar-refractivity contribution in [2.75, 3.05) is 5.01 Å². The minimum Gasteiger partial charge on any atom is -0.468 e. The number of carbonyl (C=O) groups is 1. The van der Waals surface area contributed by atoms with Crippen LogP contribution in [0.5, 0.6) is 0 Å². The fraction of sp³-hybridized carbons (Fsp3) is 0.312. The van der Waals surface area contributed by atoms with Gasteiger partial charge in [-0.3, -0.25) is 10.1 Å². The van der Waals surface area contributed by atoms with Crippen molar-refractivity contribution in [2.45, 2.75) is 25.0 Å². The van der Waals surface area contributed by atoms with Gasteiger partial charge in [0.2, 0.25) is 5.91 Å². The molecule has 5 nitrogen and oxygen atoms in total. The van der Waals surface area contributed by atoms with Crippen molar-refractivity contribution in [1.29, 1.82) is 0 Å². The average Bonchev–Trinajstić information content (AvgIpc) is 3.16. The zero-order valence-electron chi connectivity index (χ0n) is 11.5. The standard InChI is InChI=1S/C16H17N3O2/c20-16-12-8-9-13(14-7-4-10-21-14)17-15(12)18-19(16)11-5-2-1-3-6-11/h1-7,10,12-13,15,17-18H,8-9H2. The molecular formula is C16H17N3O2. The zero-order chi connectivity index (χ0) is 14.2. The van der Waals surface area contributed by atoms with E-state index in [1.165, 1.54) is 0 Å². The maximum Gasteiger partial charge on any atom is 0.247 e. The number of para-hydroxylation sites is 1. The molecular weight excluding hydrogens is 266 g/mol. The number of hydrogen-bond acceptors (Lipinski definition) is 4. The van der Waals surface area contributed by atoms with Crippen molar-refractivity contribution in [1.82, 2.24) is 10.7 Å². The van der Waals surface area contributed by atoms with Crippen LogP contribution in [0.1, 0.15) is 24.6 Å². The number of furan rings is 1. The smallest absolute Gasteiger partial charge is 0.247 e. The van der Waals surface area contributed by atoms with E-state index in [4.69, 9.17) is 4.42 Å². The summed E-state index contributed by atoms with van der Waals surface area (Å²) in [5, 5.41) is 5.14. The van der Waals surface area contributed by atoms with Gasteiger partial charge < -0.3 is 4.42 Å². The lowest BCUT2D eigenvalue weighted by atomic mass is 9.91. The molecule has 0 radical (unpaired) electrons.